The molecule has 0 fully saturated rings. The van der Waals surface area contributed by atoms with Crippen molar-refractivity contribution < 1.29 is 13.9 Å². The minimum absolute atomic E-state index is 0.221. The highest BCUT2D eigenvalue weighted by Crippen LogP contribution is 2.32. The summed E-state index contributed by atoms with van der Waals surface area (Å²) in [4.78, 5) is 13.2. The summed E-state index contributed by atoms with van der Waals surface area (Å²) in [5, 5.41) is 13.7. The lowest BCUT2D eigenvalue weighted by atomic mass is 10.1. The number of aromatic nitrogens is 4. The van der Waals surface area contributed by atoms with E-state index in [2.05, 4.69) is 20.8 Å². The third-order valence-corrected chi connectivity index (χ3v) is 4.71. The van der Waals surface area contributed by atoms with Crippen LogP contribution in [-0.4, -0.2) is 39.1 Å². The van der Waals surface area contributed by atoms with Gasteiger partial charge in [-0.1, -0.05) is 0 Å². The Hall–Kier alpha value is -2.39. The van der Waals surface area contributed by atoms with Gasteiger partial charge in [-0.25, -0.2) is 4.52 Å². The lowest BCUT2D eigenvalue weighted by Crippen LogP contribution is -2.31. The molecule has 23 heavy (non-hydrogen) atoms. The molecule has 1 aliphatic heterocycles. The fourth-order valence-corrected chi connectivity index (χ4v) is 3.51. The highest BCUT2D eigenvalue weighted by atomic mass is 32.1. The summed E-state index contributed by atoms with van der Waals surface area (Å²) in [5.41, 5.74) is 1.78. The van der Waals surface area contributed by atoms with Gasteiger partial charge in [0, 0.05) is 29.6 Å². The molecule has 4 heterocycles. The number of hydrogen-bond acceptors (Lipinski definition) is 6. The first-order valence-corrected chi connectivity index (χ1v) is 7.88. The molecule has 1 unspecified atom stereocenters. The summed E-state index contributed by atoms with van der Waals surface area (Å²) in [6.07, 6.45) is 2.01. The van der Waals surface area contributed by atoms with E-state index in [4.69, 9.17) is 4.74 Å². The molecule has 4 rings (SSSR count). The molecular weight excluding hydrogens is 321 g/mol. The Bertz CT molecular complexity index is 877. The van der Waals surface area contributed by atoms with E-state index in [0.717, 1.165) is 21.8 Å². The molecule has 3 aromatic rings. The maximum atomic E-state index is 13.4. The van der Waals surface area contributed by atoms with Gasteiger partial charge in [0.15, 0.2) is 10.8 Å². The number of ether oxygens (including phenoxy) is 1. The molecule has 1 N–H and O–H groups in total. The Kier molecular flexibility index (Phi) is 3.50. The molecule has 0 spiro atoms. The summed E-state index contributed by atoms with van der Waals surface area (Å²) in [7, 11) is 0. The molecule has 0 aromatic carbocycles. The van der Waals surface area contributed by atoms with Crippen LogP contribution in [-0.2, 0) is 11.2 Å². The van der Waals surface area contributed by atoms with Gasteiger partial charge in [-0.2, -0.15) is 4.39 Å². The number of thiophene rings is 1. The number of nitrogens with one attached hydrogen (secondary N) is 1. The van der Waals surface area contributed by atoms with Crippen LogP contribution in [0.25, 0.3) is 5.65 Å². The number of carbonyl (C=O) groups excluding carboxylic acids is 1. The van der Waals surface area contributed by atoms with Crippen LogP contribution in [0, 0.1) is 5.13 Å². The smallest absolute Gasteiger partial charge is 0.251 e. The first-order valence-electron chi connectivity index (χ1n) is 7.06. The van der Waals surface area contributed by atoms with Crippen molar-refractivity contribution in [2.75, 3.05) is 13.2 Å². The summed E-state index contributed by atoms with van der Waals surface area (Å²) in [6, 6.07) is 4.73. The number of hydrogen-bond donors (Lipinski definition) is 1. The van der Waals surface area contributed by atoms with Gasteiger partial charge in [0.05, 0.1) is 6.61 Å². The van der Waals surface area contributed by atoms with Crippen LogP contribution < -0.4 is 5.32 Å². The molecule has 0 aliphatic carbocycles. The Labute approximate surface area is 134 Å². The number of carbonyl (C=O) groups is 1. The number of nitrogens with zero attached hydrogens (tertiary/aromatic N) is 4. The van der Waals surface area contributed by atoms with Crippen LogP contribution in [0.4, 0.5) is 4.39 Å². The van der Waals surface area contributed by atoms with Crippen LogP contribution in [0.5, 0.6) is 0 Å². The topological polar surface area (TPSA) is 81.4 Å². The van der Waals surface area contributed by atoms with Gasteiger partial charge in [0.1, 0.15) is 6.10 Å². The molecule has 7 nitrogen and oxygen atoms in total. The molecule has 3 aromatic heterocycles. The van der Waals surface area contributed by atoms with E-state index in [1.54, 1.807) is 18.3 Å². The fraction of sp³-hybridized carbons (Fsp3) is 0.286. The van der Waals surface area contributed by atoms with Crippen molar-refractivity contribution in [1.82, 2.24) is 25.4 Å². The predicted molar refractivity (Wildman–Crippen MR) is 79.8 cm³/mol. The molecule has 1 atom stereocenters. The van der Waals surface area contributed by atoms with Crippen LogP contribution in [0.2, 0.25) is 0 Å². The van der Waals surface area contributed by atoms with E-state index in [1.807, 2.05) is 0 Å². The second-order valence-electron chi connectivity index (χ2n) is 5.15. The summed E-state index contributed by atoms with van der Waals surface area (Å²) in [6.45, 7) is 0.822. The standard InChI is InChI=1S/C14H12FN5O2S/c15-12-6-9-10(22-4-2-11(9)23-12)7-16-14(21)8-1-3-20-13(5-8)17-18-19-20/h1,3,5-6,10H,2,4,7H2,(H,16,21). The van der Waals surface area contributed by atoms with E-state index in [-0.39, 0.29) is 23.7 Å². The first-order chi connectivity index (χ1) is 11.2. The van der Waals surface area contributed by atoms with Gasteiger partial charge < -0.3 is 10.1 Å². The highest BCUT2D eigenvalue weighted by Gasteiger charge is 2.24. The first kappa shape index (κ1) is 14.2. The Morgan fingerprint density at radius 1 is 1.52 bits per heavy atom. The lowest BCUT2D eigenvalue weighted by molar-refractivity contribution is 0.0422. The van der Waals surface area contributed by atoms with Crippen LogP contribution in [0.1, 0.15) is 26.9 Å². The third-order valence-electron chi connectivity index (χ3n) is 3.72. The van der Waals surface area contributed by atoms with Crippen molar-refractivity contribution in [2.45, 2.75) is 12.5 Å². The minimum Gasteiger partial charge on any atom is -0.371 e. The Morgan fingerprint density at radius 3 is 3.35 bits per heavy atom. The fourth-order valence-electron chi connectivity index (χ4n) is 2.60. The molecule has 0 saturated carbocycles. The number of fused-ring (bicyclic) bond motifs is 2. The summed E-state index contributed by atoms with van der Waals surface area (Å²) >= 11 is 1.14. The van der Waals surface area contributed by atoms with Crippen molar-refractivity contribution in [1.29, 1.82) is 0 Å². The highest BCUT2D eigenvalue weighted by molar-refractivity contribution is 7.10. The van der Waals surface area contributed by atoms with Crippen LogP contribution >= 0.6 is 11.3 Å². The van der Waals surface area contributed by atoms with Gasteiger partial charge in [-0.3, -0.25) is 4.79 Å². The largest absolute Gasteiger partial charge is 0.371 e. The van der Waals surface area contributed by atoms with Crippen molar-refractivity contribution >= 4 is 22.9 Å². The molecule has 1 aliphatic rings. The van der Waals surface area contributed by atoms with E-state index in [1.165, 1.54) is 10.6 Å². The summed E-state index contributed by atoms with van der Waals surface area (Å²) in [5.74, 6) is -0.248. The maximum absolute atomic E-state index is 13.4. The average molecular weight is 333 g/mol. The molecule has 118 valence electrons. The van der Waals surface area contributed by atoms with Gasteiger partial charge in [-0.05, 0) is 34.2 Å². The van der Waals surface area contributed by atoms with Gasteiger partial charge in [0.2, 0.25) is 0 Å². The van der Waals surface area contributed by atoms with Crippen LogP contribution in [0.3, 0.4) is 0 Å². The molecular formula is C14H12FN5O2S. The quantitative estimate of drug-likeness (QED) is 0.783. The van der Waals surface area contributed by atoms with Crippen LogP contribution in [0.15, 0.2) is 24.4 Å². The van der Waals surface area contributed by atoms with E-state index in [9.17, 15) is 9.18 Å². The number of pyridine rings is 1. The number of tetrazole rings is 1. The number of amides is 1. The SMILES string of the molecule is O=C(NCC1OCCc2sc(F)cc21)c1ccn2nnnc2c1. The predicted octanol–water partition coefficient (Wildman–Crippen LogP) is 1.37. The molecule has 0 radical (unpaired) electrons. The van der Waals surface area contributed by atoms with Gasteiger partial charge >= 0.3 is 0 Å². The second-order valence-corrected chi connectivity index (χ2v) is 6.23. The van der Waals surface area contributed by atoms with E-state index >= 15 is 0 Å². The maximum Gasteiger partial charge on any atom is 0.251 e. The van der Waals surface area contributed by atoms with Crippen molar-refractivity contribution in [3.63, 3.8) is 0 Å². The molecule has 0 saturated heterocycles. The number of halogens is 1. The zero-order valence-corrected chi connectivity index (χ0v) is 12.7. The Balaban J connectivity index is 1.47. The van der Waals surface area contributed by atoms with Gasteiger partial charge in [-0.15, -0.1) is 16.4 Å². The second kappa shape index (κ2) is 5.67. The van der Waals surface area contributed by atoms with Crippen molar-refractivity contribution in [3.05, 3.63) is 45.5 Å². The zero-order chi connectivity index (χ0) is 15.8. The minimum atomic E-state index is -0.318. The normalized spacial score (nSPS) is 17.2. The van der Waals surface area contributed by atoms with E-state index in [0.29, 0.717) is 24.2 Å². The molecule has 0 bridgehead atoms. The van der Waals surface area contributed by atoms with Crippen molar-refractivity contribution in [3.8, 4) is 0 Å². The number of rotatable bonds is 3. The Morgan fingerprint density at radius 2 is 2.43 bits per heavy atom. The van der Waals surface area contributed by atoms with Crippen molar-refractivity contribution in [2.24, 2.45) is 0 Å². The van der Waals surface area contributed by atoms with Gasteiger partial charge in [0.25, 0.3) is 5.91 Å². The van der Waals surface area contributed by atoms with E-state index < -0.39 is 0 Å². The third kappa shape index (κ3) is 2.68. The average Bonchev–Trinajstić information content (AvgIpc) is 3.16. The monoisotopic (exact) mass is 333 g/mol. The zero-order valence-electron chi connectivity index (χ0n) is 11.9. The summed E-state index contributed by atoms with van der Waals surface area (Å²) < 4.78 is 20.5. The molecule has 9 heteroatoms. The lowest BCUT2D eigenvalue weighted by Gasteiger charge is -2.23. The molecule has 1 amide bonds.